The Morgan fingerprint density at radius 3 is 1.62 bits per heavy atom. The third-order valence-corrected chi connectivity index (χ3v) is 4.02. The zero-order valence-corrected chi connectivity index (χ0v) is 19.2. The molecule has 2 aromatic carbocycles. The van der Waals surface area contributed by atoms with Gasteiger partial charge in [0.1, 0.15) is 17.3 Å². The van der Waals surface area contributed by atoms with Crippen molar-refractivity contribution in [1.29, 1.82) is 0 Å². The normalized spacial score (nSPS) is 11.8. The van der Waals surface area contributed by atoms with Crippen LogP contribution in [0.5, 0.6) is 5.75 Å². The van der Waals surface area contributed by atoms with Crippen LogP contribution in [0.25, 0.3) is 0 Å². The van der Waals surface area contributed by atoms with Crippen molar-refractivity contribution in [2.24, 2.45) is 9.98 Å². The maximum absolute atomic E-state index is 5.93. The number of hydrogen-bond acceptors (Lipinski definition) is 4. The molecule has 0 aliphatic rings. The van der Waals surface area contributed by atoms with Gasteiger partial charge in [-0.05, 0) is 69.3 Å². The standard InChI is InChI=1S/C22H22N2O2.2ClH.Fe/c1-15-5-7-18(8-6-15)23-16(2)21-13-14-22(26-21)17(3)24-19-9-11-20(25-4)12-10-19;;;/h5-14H,1-4H3;2*1H;/q;;;+2/p-2. The third kappa shape index (κ3) is 7.37. The van der Waals surface area contributed by atoms with Crippen molar-refractivity contribution in [3.8, 4) is 5.75 Å². The van der Waals surface area contributed by atoms with Gasteiger partial charge in [-0.15, -0.1) is 0 Å². The van der Waals surface area contributed by atoms with E-state index in [1.807, 2.05) is 74.5 Å². The van der Waals surface area contributed by atoms with E-state index in [1.54, 1.807) is 7.11 Å². The van der Waals surface area contributed by atoms with Crippen molar-refractivity contribution >= 4 is 43.0 Å². The summed E-state index contributed by atoms with van der Waals surface area (Å²) in [5.74, 6) is 2.28. The molecule has 0 bridgehead atoms. The Bertz CT molecular complexity index is 965. The number of benzene rings is 2. The number of halogens is 2. The molecule has 29 heavy (non-hydrogen) atoms. The first kappa shape index (κ1) is 23.2. The molecule has 0 saturated carbocycles. The summed E-state index contributed by atoms with van der Waals surface area (Å²) in [5.41, 5.74) is 4.62. The molecule has 0 unspecified atom stereocenters. The average molecular weight is 473 g/mol. The van der Waals surface area contributed by atoms with E-state index in [1.165, 1.54) is 5.56 Å². The molecule has 0 saturated heterocycles. The molecule has 0 radical (unpaired) electrons. The molecule has 3 aromatic rings. The molecule has 0 aliphatic heterocycles. The van der Waals surface area contributed by atoms with Gasteiger partial charge in [0.25, 0.3) is 0 Å². The monoisotopic (exact) mass is 472 g/mol. The zero-order valence-electron chi connectivity index (χ0n) is 16.6. The second-order valence-electron chi connectivity index (χ2n) is 6.14. The van der Waals surface area contributed by atoms with Crippen molar-refractivity contribution < 1.29 is 22.3 Å². The second kappa shape index (κ2) is 11.8. The molecule has 0 aliphatic carbocycles. The zero-order chi connectivity index (χ0) is 21.2. The van der Waals surface area contributed by atoms with E-state index in [2.05, 4.69) is 16.9 Å². The summed E-state index contributed by atoms with van der Waals surface area (Å²) in [5, 5.41) is 0. The van der Waals surface area contributed by atoms with Crippen LogP contribution in [0.15, 0.2) is 75.1 Å². The fraction of sp³-hybridized carbons (Fsp3) is 0.182. The van der Waals surface area contributed by atoms with Gasteiger partial charge in [0, 0.05) is 0 Å². The molecule has 0 atom stereocenters. The van der Waals surface area contributed by atoms with E-state index in [9.17, 15) is 0 Å². The van der Waals surface area contributed by atoms with E-state index in [-0.39, 0.29) is 13.1 Å². The Balaban J connectivity index is 0.000000941. The number of aryl methyl sites for hydroxylation is 1. The number of hydrogen-bond donors (Lipinski definition) is 0. The number of methoxy groups -OCH3 is 1. The van der Waals surface area contributed by atoms with Crippen LogP contribution in [-0.2, 0) is 13.1 Å². The van der Waals surface area contributed by atoms with E-state index < -0.39 is 0 Å². The minimum absolute atomic E-state index is 0.194. The van der Waals surface area contributed by atoms with Crippen molar-refractivity contribution in [2.45, 2.75) is 20.8 Å². The van der Waals surface area contributed by atoms with Crippen LogP contribution < -0.4 is 4.74 Å². The predicted octanol–water partition coefficient (Wildman–Crippen LogP) is 7.25. The summed E-state index contributed by atoms with van der Waals surface area (Å²) in [7, 11) is 11.2. The molecule has 0 fully saturated rings. The quantitative estimate of drug-likeness (QED) is 0.290. The number of rotatable bonds is 5. The van der Waals surface area contributed by atoms with Crippen LogP contribution >= 0.6 is 20.2 Å². The van der Waals surface area contributed by atoms with Crippen LogP contribution in [0.4, 0.5) is 11.4 Å². The van der Waals surface area contributed by atoms with Gasteiger partial charge >= 0.3 is 33.3 Å². The summed E-state index contributed by atoms with van der Waals surface area (Å²) >= 11 is 0.194. The number of furan rings is 1. The molecule has 154 valence electrons. The minimum atomic E-state index is 0.194. The molecule has 3 rings (SSSR count). The van der Waals surface area contributed by atoms with Gasteiger partial charge in [-0.3, -0.25) is 0 Å². The Morgan fingerprint density at radius 2 is 1.21 bits per heavy atom. The molecule has 4 nitrogen and oxygen atoms in total. The van der Waals surface area contributed by atoms with E-state index in [4.69, 9.17) is 29.4 Å². The van der Waals surface area contributed by atoms with Crippen LogP contribution in [-0.4, -0.2) is 18.5 Å². The first-order valence-electron chi connectivity index (χ1n) is 8.74. The molecular weight excluding hydrogens is 451 g/mol. The average Bonchev–Trinajstić information content (AvgIpc) is 3.21. The van der Waals surface area contributed by atoms with Crippen LogP contribution in [0.1, 0.15) is 30.9 Å². The van der Waals surface area contributed by atoms with Crippen molar-refractivity contribution in [1.82, 2.24) is 0 Å². The summed E-state index contributed by atoms with van der Waals surface area (Å²) < 4.78 is 11.1. The summed E-state index contributed by atoms with van der Waals surface area (Å²) in [6, 6.07) is 19.5. The SMILES string of the molecule is COc1ccc(N=C(C)c2ccc(C(C)=Nc3ccc(C)cc3)o2)cc1.[Cl][Fe][Cl]. The molecule has 0 amide bonds. The van der Waals surface area contributed by atoms with Crippen LogP contribution in [0.2, 0.25) is 0 Å². The topological polar surface area (TPSA) is 47.1 Å². The maximum atomic E-state index is 5.93. The van der Waals surface area contributed by atoms with Crippen LogP contribution in [0.3, 0.4) is 0 Å². The van der Waals surface area contributed by atoms with Gasteiger partial charge < -0.3 is 9.15 Å². The van der Waals surface area contributed by atoms with Gasteiger partial charge in [-0.25, -0.2) is 9.98 Å². The molecule has 0 N–H and O–H groups in total. The van der Waals surface area contributed by atoms with Gasteiger partial charge in [0.15, 0.2) is 0 Å². The van der Waals surface area contributed by atoms with Crippen molar-refractivity contribution in [2.75, 3.05) is 7.11 Å². The third-order valence-electron chi connectivity index (χ3n) is 4.02. The molecule has 0 spiro atoms. The molecule has 7 heteroatoms. The second-order valence-corrected chi connectivity index (χ2v) is 7.97. The Kier molecular flexibility index (Phi) is 9.49. The van der Waals surface area contributed by atoms with Crippen molar-refractivity contribution in [3.05, 3.63) is 77.7 Å². The van der Waals surface area contributed by atoms with Gasteiger partial charge in [0.05, 0.1) is 29.9 Å². The fourth-order valence-corrected chi connectivity index (χ4v) is 2.50. The summed E-state index contributed by atoms with van der Waals surface area (Å²) in [6.07, 6.45) is 0. The van der Waals surface area contributed by atoms with Crippen LogP contribution in [0, 0.1) is 6.92 Å². The number of nitrogens with zero attached hydrogens (tertiary/aromatic N) is 2. The Hall–Kier alpha value is -2.04. The van der Waals surface area contributed by atoms with Gasteiger partial charge in [0.2, 0.25) is 0 Å². The summed E-state index contributed by atoms with van der Waals surface area (Å²) in [6.45, 7) is 5.93. The van der Waals surface area contributed by atoms with E-state index >= 15 is 0 Å². The first-order valence-corrected chi connectivity index (χ1v) is 11.8. The Labute approximate surface area is 186 Å². The van der Waals surface area contributed by atoms with Crippen molar-refractivity contribution in [3.63, 3.8) is 0 Å². The Morgan fingerprint density at radius 1 is 0.793 bits per heavy atom. The molecule has 1 aromatic heterocycles. The molecular formula is C22H22Cl2FeN2O2. The fourth-order valence-electron chi connectivity index (χ4n) is 2.50. The predicted molar refractivity (Wildman–Crippen MR) is 118 cm³/mol. The van der Waals surface area contributed by atoms with Gasteiger partial charge in [-0.1, -0.05) is 17.7 Å². The number of aliphatic imine (C=N–C) groups is 2. The van der Waals surface area contributed by atoms with E-state index in [0.29, 0.717) is 0 Å². The number of ether oxygens (including phenoxy) is 1. The van der Waals surface area contributed by atoms with E-state index in [0.717, 1.165) is 40.1 Å². The molecule has 1 heterocycles. The summed E-state index contributed by atoms with van der Waals surface area (Å²) in [4.78, 5) is 9.21. The van der Waals surface area contributed by atoms with Gasteiger partial charge in [-0.2, -0.15) is 0 Å². The first-order chi connectivity index (χ1) is 14.0.